The third-order valence-corrected chi connectivity index (χ3v) is 11.4. The van der Waals surface area contributed by atoms with Crippen molar-refractivity contribution in [1.82, 2.24) is 0 Å². The van der Waals surface area contributed by atoms with Gasteiger partial charge in [-0.15, -0.1) is 0 Å². The van der Waals surface area contributed by atoms with Crippen molar-refractivity contribution in [3.05, 3.63) is 71.8 Å². The fraction of sp³-hybridized carbons (Fsp3) is 0.407. The highest BCUT2D eigenvalue weighted by Gasteiger charge is 2.35. The molecule has 0 radical (unpaired) electrons. The van der Waals surface area contributed by atoms with Gasteiger partial charge in [0.1, 0.15) is 0 Å². The average molecular weight is 423 g/mol. The Labute approximate surface area is 184 Å². The molecule has 0 aliphatic heterocycles. The molecule has 0 unspecified atom stereocenters. The number of hydrogen-bond donors (Lipinski definition) is 1. The van der Waals surface area contributed by atoms with E-state index in [4.69, 9.17) is 9.84 Å². The molecular formula is C27H38O2Si. The minimum atomic E-state index is -1.38. The lowest BCUT2D eigenvalue weighted by atomic mass is 9.98. The van der Waals surface area contributed by atoms with Gasteiger partial charge in [-0.05, 0) is 52.3 Å². The molecule has 3 heteroatoms. The van der Waals surface area contributed by atoms with Gasteiger partial charge < -0.3 is 9.84 Å². The summed E-state index contributed by atoms with van der Waals surface area (Å²) in [6.07, 6.45) is 4.91. The van der Waals surface area contributed by atoms with Gasteiger partial charge in [-0.2, -0.15) is 0 Å². The number of ether oxygens (including phenoxy) is 1. The molecule has 2 nitrogen and oxygen atoms in total. The minimum Gasteiger partial charge on any atom is -0.392 e. The normalized spacial score (nSPS) is 13.6. The van der Waals surface area contributed by atoms with Crippen molar-refractivity contribution in [2.24, 2.45) is 0 Å². The van der Waals surface area contributed by atoms with Crippen LogP contribution in [0.3, 0.4) is 0 Å². The van der Waals surface area contributed by atoms with Crippen LogP contribution in [0, 0.1) is 0 Å². The first-order valence-electron chi connectivity index (χ1n) is 10.8. The van der Waals surface area contributed by atoms with E-state index in [0.717, 1.165) is 17.4 Å². The number of rotatable bonds is 8. The molecule has 0 spiro atoms. The van der Waals surface area contributed by atoms with Crippen LogP contribution in [0.2, 0.25) is 18.1 Å². The average Bonchev–Trinajstić information content (AvgIpc) is 2.70. The van der Waals surface area contributed by atoms with E-state index in [-0.39, 0.29) is 6.61 Å². The zero-order valence-corrected chi connectivity index (χ0v) is 20.8. The Balaban J connectivity index is 1.99. The molecule has 0 heterocycles. The van der Waals surface area contributed by atoms with E-state index in [9.17, 15) is 0 Å². The van der Waals surface area contributed by atoms with E-state index in [1.165, 1.54) is 22.3 Å². The summed E-state index contributed by atoms with van der Waals surface area (Å²) in [5.74, 6) is 0. The van der Waals surface area contributed by atoms with E-state index in [1.807, 2.05) is 13.0 Å². The fourth-order valence-electron chi connectivity index (χ4n) is 2.94. The maximum Gasteiger partial charge on any atom is 0.0829 e. The van der Waals surface area contributed by atoms with Crippen LogP contribution in [0.5, 0.6) is 0 Å². The minimum absolute atomic E-state index is 0.0727. The van der Waals surface area contributed by atoms with Crippen molar-refractivity contribution in [2.75, 3.05) is 19.4 Å². The van der Waals surface area contributed by atoms with Gasteiger partial charge in [-0.25, -0.2) is 0 Å². The van der Waals surface area contributed by atoms with Gasteiger partial charge in [0, 0.05) is 6.23 Å². The quantitative estimate of drug-likeness (QED) is 0.359. The second-order valence-electron chi connectivity index (χ2n) is 9.76. The van der Waals surface area contributed by atoms with E-state index in [0.29, 0.717) is 11.6 Å². The first-order chi connectivity index (χ1) is 14.0. The molecule has 30 heavy (non-hydrogen) atoms. The summed E-state index contributed by atoms with van der Waals surface area (Å²) < 4.78 is 6.02. The van der Waals surface area contributed by atoms with Crippen LogP contribution in [0.4, 0.5) is 0 Å². The molecule has 0 atom stereocenters. The molecule has 0 saturated carbocycles. The molecule has 0 aliphatic carbocycles. The first kappa shape index (κ1) is 24.3. The molecule has 2 aromatic carbocycles. The lowest BCUT2D eigenvalue weighted by Gasteiger charge is -2.36. The Morgan fingerprint density at radius 2 is 1.27 bits per heavy atom. The Hall–Kier alpha value is -1.94. The Morgan fingerprint density at radius 3 is 1.67 bits per heavy atom. The third kappa shape index (κ3) is 6.53. The van der Waals surface area contributed by atoms with E-state index >= 15 is 0 Å². The second kappa shape index (κ2) is 10.4. The topological polar surface area (TPSA) is 29.5 Å². The Kier molecular flexibility index (Phi) is 8.42. The molecule has 0 aliphatic rings. The van der Waals surface area contributed by atoms with Gasteiger partial charge in [-0.1, -0.05) is 94.5 Å². The Bertz CT molecular complexity index is 867. The number of allylic oxidation sites excluding steroid dienone is 2. The second-order valence-corrected chi connectivity index (χ2v) is 15.3. The molecular weight excluding hydrogens is 384 g/mol. The summed E-state index contributed by atoms with van der Waals surface area (Å²) in [6.45, 7) is 16.7. The van der Waals surface area contributed by atoms with Gasteiger partial charge in [0.05, 0.1) is 21.3 Å². The van der Waals surface area contributed by atoms with Crippen LogP contribution in [-0.4, -0.2) is 32.6 Å². The van der Waals surface area contributed by atoms with Gasteiger partial charge in [0.2, 0.25) is 0 Å². The smallest absolute Gasteiger partial charge is 0.0829 e. The first-order valence-corrected chi connectivity index (χ1v) is 14.0. The molecule has 1 N–H and O–H groups in total. The summed E-state index contributed by atoms with van der Waals surface area (Å²) in [7, 11) is -1.38. The van der Waals surface area contributed by atoms with Gasteiger partial charge >= 0.3 is 0 Å². The predicted octanol–water partition coefficient (Wildman–Crippen LogP) is 7.22. The standard InChI is InChI=1S/C27H38O2Si/c1-21(16-18-28)23-8-12-25(13-9-23)26-14-10-24(11-15-26)22(2)17-19-29-20-30(6,7)27(3,4)5/h8-17,28H,18-20H2,1-7H3/b21-16-,22-17-. The van der Waals surface area contributed by atoms with Crippen molar-refractivity contribution in [1.29, 1.82) is 0 Å². The highest BCUT2D eigenvalue weighted by Crippen LogP contribution is 2.35. The van der Waals surface area contributed by atoms with E-state index < -0.39 is 8.07 Å². The van der Waals surface area contributed by atoms with E-state index in [1.54, 1.807) is 0 Å². The summed E-state index contributed by atoms with van der Waals surface area (Å²) in [5, 5.41) is 9.40. The lowest BCUT2D eigenvalue weighted by Crippen LogP contribution is -2.42. The van der Waals surface area contributed by atoms with Crippen molar-refractivity contribution >= 4 is 19.2 Å². The maximum absolute atomic E-state index is 9.05. The molecule has 2 rings (SSSR count). The zero-order valence-electron chi connectivity index (χ0n) is 19.8. The highest BCUT2D eigenvalue weighted by molar-refractivity contribution is 6.80. The van der Waals surface area contributed by atoms with Crippen LogP contribution in [0.1, 0.15) is 45.7 Å². The zero-order chi connectivity index (χ0) is 22.4. The molecule has 0 fully saturated rings. The molecule has 0 saturated heterocycles. The predicted molar refractivity (Wildman–Crippen MR) is 134 cm³/mol. The summed E-state index contributed by atoms with van der Waals surface area (Å²) >= 11 is 0. The Morgan fingerprint density at radius 1 is 0.833 bits per heavy atom. The number of aliphatic hydroxyl groups is 1. The van der Waals surface area contributed by atoms with Gasteiger partial charge in [-0.3, -0.25) is 0 Å². The molecule has 2 aromatic rings. The largest absolute Gasteiger partial charge is 0.392 e. The lowest BCUT2D eigenvalue weighted by molar-refractivity contribution is 0.202. The highest BCUT2D eigenvalue weighted by atomic mass is 28.3. The SMILES string of the molecule is C/C(=C/CO)c1ccc(-c2ccc(/C(C)=C\COC[Si](C)(C)C(C)(C)C)cc2)cc1. The monoisotopic (exact) mass is 422 g/mol. The van der Waals surface area contributed by atoms with Crippen LogP contribution < -0.4 is 0 Å². The van der Waals surface area contributed by atoms with Crippen LogP contribution in [0.15, 0.2) is 60.7 Å². The van der Waals surface area contributed by atoms with Crippen LogP contribution in [0.25, 0.3) is 22.3 Å². The fourth-order valence-corrected chi connectivity index (χ4v) is 4.00. The number of benzene rings is 2. The van der Waals surface area contributed by atoms with Crippen molar-refractivity contribution in [3.63, 3.8) is 0 Å². The molecule has 0 amide bonds. The van der Waals surface area contributed by atoms with Crippen molar-refractivity contribution < 1.29 is 9.84 Å². The van der Waals surface area contributed by atoms with Crippen molar-refractivity contribution in [3.8, 4) is 11.1 Å². The molecule has 162 valence electrons. The van der Waals surface area contributed by atoms with Crippen LogP contribution in [-0.2, 0) is 4.74 Å². The van der Waals surface area contributed by atoms with Gasteiger partial charge in [0.15, 0.2) is 0 Å². The number of aliphatic hydroxyl groups excluding tert-OH is 1. The van der Waals surface area contributed by atoms with Gasteiger partial charge in [0.25, 0.3) is 0 Å². The van der Waals surface area contributed by atoms with Crippen LogP contribution >= 0.6 is 0 Å². The molecule has 0 bridgehead atoms. The summed E-state index contributed by atoms with van der Waals surface area (Å²) in [4.78, 5) is 0. The van der Waals surface area contributed by atoms with Crippen molar-refractivity contribution in [2.45, 2.75) is 52.8 Å². The summed E-state index contributed by atoms with van der Waals surface area (Å²) in [5.41, 5.74) is 7.11. The molecule has 0 aromatic heterocycles. The summed E-state index contributed by atoms with van der Waals surface area (Å²) in [6, 6.07) is 17.2. The maximum atomic E-state index is 9.05. The third-order valence-electron chi connectivity index (χ3n) is 6.41. The van der Waals surface area contributed by atoms with E-state index in [2.05, 4.69) is 95.4 Å². The number of hydrogen-bond acceptors (Lipinski definition) is 2.